The molecule has 27 heavy (non-hydrogen) atoms. The number of amides is 1. The molecule has 0 spiro atoms. The lowest BCUT2D eigenvalue weighted by molar-refractivity contribution is 0.0956. The highest BCUT2D eigenvalue weighted by Crippen LogP contribution is 2.22. The molecule has 0 saturated carbocycles. The highest BCUT2D eigenvalue weighted by atomic mass is 16.1. The third kappa shape index (κ3) is 3.44. The van der Waals surface area contributed by atoms with Gasteiger partial charge >= 0.3 is 0 Å². The van der Waals surface area contributed by atoms with Crippen LogP contribution in [-0.4, -0.2) is 63.2 Å². The number of aromatic nitrogens is 1. The van der Waals surface area contributed by atoms with Crippen LogP contribution in [0.3, 0.4) is 0 Å². The van der Waals surface area contributed by atoms with Gasteiger partial charge in [-0.3, -0.25) is 4.79 Å². The summed E-state index contributed by atoms with van der Waals surface area (Å²) in [5, 5.41) is 3.74. The Kier molecular flexibility index (Phi) is 5.52. The predicted octanol–water partition coefficient (Wildman–Crippen LogP) is -6.12. The van der Waals surface area contributed by atoms with E-state index in [9.17, 15) is 4.79 Å². The maximum atomic E-state index is 12.8. The summed E-state index contributed by atoms with van der Waals surface area (Å²) in [4.78, 5) is 17.7. The molecule has 3 aromatic rings. The molecule has 0 aliphatic heterocycles. The molecular formula is C18H22B5N3O. The second-order valence-corrected chi connectivity index (χ2v) is 7.12. The Morgan fingerprint density at radius 2 is 1.56 bits per heavy atom. The normalized spacial score (nSPS) is 10.9. The number of carbonyl (C=O) groups is 1. The van der Waals surface area contributed by atoms with Gasteiger partial charge in [-0.25, -0.2) is 4.98 Å². The molecule has 4 nitrogen and oxygen atoms in total. The molecule has 0 aliphatic carbocycles. The van der Waals surface area contributed by atoms with E-state index in [2.05, 4.69) is 44.5 Å². The van der Waals surface area contributed by atoms with Crippen molar-refractivity contribution in [2.45, 2.75) is 0 Å². The summed E-state index contributed by atoms with van der Waals surface area (Å²) in [6, 6.07) is 9.69. The molecule has 0 atom stereocenters. The molecule has 1 amide bonds. The number of carbonyl (C=O) groups excluding carboxylic acids is 1. The predicted molar refractivity (Wildman–Crippen MR) is 129 cm³/mol. The van der Waals surface area contributed by atoms with E-state index in [0.717, 1.165) is 22.2 Å². The molecule has 9 heteroatoms. The van der Waals surface area contributed by atoms with E-state index in [1.807, 2.05) is 30.3 Å². The zero-order valence-corrected chi connectivity index (χ0v) is 16.7. The molecule has 1 aromatic heterocycles. The number of pyridine rings is 1. The number of rotatable bonds is 4. The highest BCUT2D eigenvalue weighted by molar-refractivity contribution is 6.68. The zero-order chi connectivity index (χ0) is 19.7. The Labute approximate surface area is 164 Å². The van der Waals surface area contributed by atoms with Crippen LogP contribution in [0.1, 0.15) is 10.4 Å². The van der Waals surface area contributed by atoms with Gasteiger partial charge in [-0.05, 0) is 17.7 Å². The SMILES string of the molecule is Bc1c(B)c(B)c(-c2cc(C(=O)NCCN)c3ccccc3n2)c(B)c1B. The zero-order valence-electron chi connectivity index (χ0n) is 16.7. The summed E-state index contributed by atoms with van der Waals surface area (Å²) in [6.07, 6.45) is 0. The van der Waals surface area contributed by atoms with E-state index >= 15 is 0 Å². The van der Waals surface area contributed by atoms with Gasteiger partial charge in [0.1, 0.15) is 39.2 Å². The van der Waals surface area contributed by atoms with Gasteiger partial charge in [-0.2, -0.15) is 0 Å². The number of fused-ring (bicyclic) bond motifs is 1. The summed E-state index contributed by atoms with van der Waals surface area (Å²) in [5.74, 6) is -0.115. The van der Waals surface area contributed by atoms with E-state index in [4.69, 9.17) is 10.7 Å². The molecule has 0 fully saturated rings. The van der Waals surface area contributed by atoms with Gasteiger partial charge < -0.3 is 11.1 Å². The molecule has 3 N–H and O–H groups in total. The van der Waals surface area contributed by atoms with Crippen molar-refractivity contribution in [3.8, 4) is 11.3 Å². The first-order chi connectivity index (χ1) is 12.9. The monoisotopic (exact) mass is 351 g/mol. The van der Waals surface area contributed by atoms with Gasteiger partial charge in [0.05, 0.1) is 16.8 Å². The smallest absolute Gasteiger partial charge is 0.252 e. The van der Waals surface area contributed by atoms with Crippen molar-refractivity contribution >= 4 is 83.4 Å². The van der Waals surface area contributed by atoms with E-state index in [1.54, 1.807) is 0 Å². The number of nitrogens with one attached hydrogen (secondary N) is 1. The van der Waals surface area contributed by atoms with Gasteiger partial charge in [0, 0.05) is 18.5 Å². The Hall–Kier alpha value is -2.40. The molecule has 0 aliphatic rings. The van der Waals surface area contributed by atoms with Crippen molar-refractivity contribution in [2.24, 2.45) is 5.73 Å². The number of benzene rings is 2. The molecule has 0 radical (unpaired) electrons. The Bertz CT molecular complexity index is 1030. The van der Waals surface area contributed by atoms with Gasteiger partial charge in [0.25, 0.3) is 5.91 Å². The van der Waals surface area contributed by atoms with Crippen molar-refractivity contribution in [1.82, 2.24) is 10.3 Å². The van der Waals surface area contributed by atoms with E-state index in [-0.39, 0.29) is 5.91 Å². The van der Waals surface area contributed by atoms with Crippen molar-refractivity contribution in [2.75, 3.05) is 13.1 Å². The largest absolute Gasteiger partial charge is 0.351 e. The van der Waals surface area contributed by atoms with Crippen molar-refractivity contribution in [3.63, 3.8) is 0 Å². The van der Waals surface area contributed by atoms with Crippen LogP contribution in [0.2, 0.25) is 0 Å². The van der Waals surface area contributed by atoms with E-state index in [1.165, 1.54) is 27.3 Å². The average Bonchev–Trinajstić information content (AvgIpc) is 2.68. The fraction of sp³-hybridized carbons (Fsp3) is 0.111. The topological polar surface area (TPSA) is 68.0 Å². The van der Waals surface area contributed by atoms with Crippen LogP contribution >= 0.6 is 0 Å². The lowest BCUT2D eigenvalue weighted by Gasteiger charge is -2.20. The number of para-hydroxylation sites is 1. The van der Waals surface area contributed by atoms with Crippen LogP contribution in [0.25, 0.3) is 22.2 Å². The molecule has 1 heterocycles. The molecule has 0 bridgehead atoms. The third-order valence-electron chi connectivity index (χ3n) is 5.65. The highest BCUT2D eigenvalue weighted by Gasteiger charge is 2.18. The van der Waals surface area contributed by atoms with Gasteiger partial charge in [-0.1, -0.05) is 29.1 Å². The lowest BCUT2D eigenvalue weighted by atomic mass is 9.60. The first-order valence-electron chi connectivity index (χ1n) is 9.32. The first kappa shape index (κ1) is 19.4. The summed E-state index contributed by atoms with van der Waals surface area (Å²) in [7, 11) is 10.7. The second kappa shape index (κ2) is 7.69. The minimum Gasteiger partial charge on any atom is -0.351 e. The summed E-state index contributed by atoms with van der Waals surface area (Å²) < 4.78 is 0. The third-order valence-corrected chi connectivity index (χ3v) is 5.65. The maximum absolute atomic E-state index is 12.8. The maximum Gasteiger partial charge on any atom is 0.252 e. The molecule has 2 aromatic carbocycles. The van der Waals surface area contributed by atoms with Crippen LogP contribution in [-0.2, 0) is 0 Å². The van der Waals surface area contributed by atoms with Crippen LogP contribution in [0.15, 0.2) is 30.3 Å². The van der Waals surface area contributed by atoms with Crippen LogP contribution in [0, 0.1) is 0 Å². The summed E-state index contributed by atoms with van der Waals surface area (Å²) in [5.41, 5.74) is 15.3. The van der Waals surface area contributed by atoms with Crippen molar-refractivity contribution in [3.05, 3.63) is 35.9 Å². The molecule has 130 valence electrons. The standard InChI is InChI=1S/C18H22B5N3O/c19-13-12(14(20)16(22)17(23)15(13)21)11-7-9(18(27)25-6-5-24)8-3-1-2-4-10(8)26-11/h1-4,7H,5-6,19-24H2,(H,25,27). The quantitative estimate of drug-likeness (QED) is 0.460. The fourth-order valence-electron chi connectivity index (χ4n) is 3.66. The van der Waals surface area contributed by atoms with Crippen molar-refractivity contribution in [1.29, 1.82) is 0 Å². The Morgan fingerprint density at radius 1 is 0.963 bits per heavy atom. The fourth-order valence-corrected chi connectivity index (χ4v) is 3.66. The van der Waals surface area contributed by atoms with E-state index in [0.29, 0.717) is 18.7 Å². The number of nitrogens with two attached hydrogens (primary N) is 1. The van der Waals surface area contributed by atoms with Gasteiger partial charge in [-0.15, -0.1) is 16.4 Å². The molecule has 3 rings (SSSR count). The lowest BCUT2D eigenvalue weighted by Crippen LogP contribution is -2.55. The van der Waals surface area contributed by atoms with Crippen LogP contribution in [0.5, 0.6) is 0 Å². The van der Waals surface area contributed by atoms with E-state index < -0.39 is 0 Å². The number of hydrogen-bond acceptors (Lipinski definition) is 3. The second-order valence-electron chi connectivity index (χ2n) is 7.12. The average molecular weight is 350 g/mol. The summed E-state index contributed by atoms with van der Waals surface area (Å²) in [6.45, 7) is 0.863. The van der Waals surface area contributed by atoms with Gasteiger partial charge in [0.15, 0.2) is 0 Å². The minimum absolute atomic E-state index is 0.115. The van der Waals surface area contributed by atoms with Gasteiger partial charge in [0.2, 0.25) is 0 Å². The molecule has 0 unspecified atom stereocenters. The van der Waals surface area contributed by atoms with Crippen LogP contribution < -0.4 is 38.4 Å². The minimum atomic E-state index is -0.115. The first-order valence-corrected chi connectivity index (χ1v) is 9.32. The Balaban J connectivity index is 2.30. The number of nitrogens with zero attached hydrogens (tertiary/aromatic N) is 1. The number of hydrogen-bond donors (Lipinski definition) is 2. The molecule has 0 saturated heterocycles. The summed E-state index contributed by atoms with van der Waals surface area (Å²) >= 11 is 0. The van der Waals surface area contributed by atoms with Crippen LogP contribution in [0.4, 0.5) is 0 Å². The van der Waals surface area contributed by atoms with Crippen molar-refractivity contribution < 1.29 is 4.79 Å². The molecular weight excluding hydrogens is 328 g/mol. The Morgan fingerprint density at radius 3 is 2.19 bits per heavy atom.